The van der Waals surface area contributed by atoms with Crippen LogP contribution in [0.3, 0.4) is 0 Å². The number of aromatic nitrogens is 2. The summed E-state index contributed by atoms with van der Waals surface area (Å²) in [4.78, 5) is 1.11. The summed E-state index contributed by atoms with van der Waals surface area (Å²) in [5.41, 5.74) is 0.731. The molecule has 0 aliphatic heterocycles. The second-order valence-corrected chi connectivity index (χ2v) is 6.93. The molecule has 0 saturated carbocycles. The van der Waals surface area contributed by atoms with E-state index in [-0.39, 0.29) is 6.04 Å². The van der Waals surface area contributed by atoms with Crippen LogP contribution >= 0.6 is 27.7 Å². The molecule has 0 bridgehead atoms. The van der Waals surface area contributed by atoms with Crippen molar-refractivity contribution in [3.8, 4) is 5.75 Å². The average Bonchev–Trinajstić information content (AvgIpc) is 2.89. The van der Waals surface area contributed by atoms with Crippen LogP contribution in [-0.2, 0) is 0 Å². The molecule has 0 aliphatic rings. The number of rotatable bonds is 6. The van der Waals surface area contributed by atoms with Crippen molar-refractivity contribution < 1.29 is 9.84 Å². The van der Waals surface area contributed by atoms with E-state index in [0.29, 0.717) is 11.5 Å². The van der Waals surface area contributed by atoms with Crippen molar-refractivity contribution in [2.24, 2.45) is 0 Å². The number of halogens is 1. The van der Waals surface area contributed by atoms with Gasteiger partial charge in [0.05, 0.1) is 13.3 Å². The average molecular weight is 371 g/mol. The number of benzene rings is 1. The summed E-state index contributed by atoms with van der Waals surface area (Å²) >= 11 is 5.06. The van der Waals surface area contributed by atoms with Crippen molar-refractivity contribution in [3.63, 3.8) is 0 Å². The molecule has 0 aliphatic carbocycles. The van der Waals surface area contributed by atoms with Gasteiger partial charge in [0.1, 0.15) is 11.8 Å². The summed E-state index contributed by atoms with van der Waals surface area (Å²) in [6.07, 6.45) is 1.02. The van der Waals surface area contributed by atoms with Crippen LogP contribution in [0.15, 0.2) is 39.8 Å². The third kappa shape index (κ3) is 4.02. The summed E-state index contributed by atoms with van der Waals surface area (Å²) in [6, 6.07) is 8.21. The second-order valence-electron chi connectivity index (χ2n) is 4.92. The van der Waals surface area contributed by atoms with E-state index in [4.69, 9.17) is 4.74 Å². The van der Waals surface area contributed by atoms with E-state index in [1.807, 2.05) is 42.8 Å². The van der Waals surface area contributed by atoms with Crippen LogP contribution in [0.25, 0.3) is 0 Å². The number of hydrogen-bond acceptors (Lipinski definition) is 4. The van der Waals surface area contributed by atoms with Gasteiger partial charge in [-0.2, -0.15) is 5.10 Å². The smallest absolute Gasteiger partial charge is 0.162 e. The molecule has 2 rings (SSSR count). The number of methoxy groups -OCH3 is 1. The molecular weight excluding hydrogens is 352 g/mol. The Kier molecular flexibility index (Phi) is 5.72. The molecule has 1 N–H and O–H groups in total. The fourth-order valence-electron chi connectivity index (χ4n) is 2.05. The Morgan fingerprint density at radius 2 is 2.19 bits per heavy atom. The molecule has 114 valence electrons. The van der Waals surface area contributed by atoms with Gasteiger partial charge in [0.2, 0.25) is 0 Å². The molecule has 0 amide bonds. The van der Waals surface area contributed by atoms with Crippen molar-refractivity contribution in [2.45, 2.75) is 30.9 Å². The zero-order chi connectivity index (χ0) is 15.4. The lowest BCUT2D eigenvalue weighted by atomic mass is 10.2. The van der Waals surface area contributed by atoms with E-state index < -0.39 is 6.10 Å². The first kappa shape index (κ1) is 16.4. The Labute approximate surface area is 137 Å². The number of ether oxygens (including phenoxy) is 1. The van der Waals surface area contributed by atoms with E-state index in [9.17, 15) is 5.11 Å². The molecular formula is C15H19BrN2O2S. The molecule has 1 aromatic carbocycles. The van der Waals surface area contributed by atoms with Gasteiger partial charge in [-0.05, 0) is 32.0 Å². The Morgan fingerprint density at radius 1 is 1.43 bits per heavy atom. The molecule has 21 heavy (non-hydrogen) atoms. The Morgan fingerprint density at radius 3 is 2.81 bits per heavy atom. The monoisotopic (exact) mass is 370 g/mol. The maximum Gasteiger partial charge on any atom is 0.162 e. The minimum absolute atomic E-state index is 0.175. The van der Waals surface area contributed by atoms with E-state index in [0.717, 1.165) is 15.1 Å². The van der Waals surface area contributed by atoms with Gasteiger partial charge in [-0.15, -0.1) is 11.8 Å². The second kappa shape index (κ2) is 7.33. The van der Waals surface area contributed by atoms with Crippen LogP contribution in [0.4, 0.5) is 0 Å². The number of aliphatic hydroxyl groups excluding tert-OH is 1. The lowest BCUT2D eigenvalue weighted by Crippen LogP contribution is -2.13. The number of aliphatic hydroxyl groups is 1. The highest BCUT2D eigenvalue weighted by molar-refractivity contribution is 9.10. The lowest BCUT2D eigenvalue weighted by molar-refractivity contribution is 0.184. The van der Waals surface area contributed by atoms with E-state index >= 15 is 0 Å². The van der Waals surface area contributed by atoms with Crippen molar-refractivity contribution in [1.29, 1.82) is 0 Å². The molecule has 1 unspecified atom stereocenters. The maximum atomic E-state index is 10.5. The van der Waals surface area contributed by atoms with Crippen molar-refractivity contribution in [3.05, 3.63) is 40.6 Å². The molecule has 4 nitrogen and oxygen atoms in total. The highest BCUT2D eigenvalue weighted by atomic mass is 79.9. The fraction of sp³-hybridized carbons (Fsp3) is 0.400. The minimum atomic E-state index is -0.631. The van der Waals surface area contributed by atoms with Crippen LogP contribution in [0.5, 0.6) is 5.75 Å². The van der Waals surface area contributed by atoms with Gasteiger partial charge < -0.3 is 9.84 Å². The van der Waals surface area contributed by atoms with Gasteiger partial charge in [-0.1, -0.05) is 22.0 Å². The van der Waals surface area contributed by atoms with E-state index in [1.165, 1.54) is 0 Å². The number of hydrogen-bond donors (Lipinski definition) is 1. The topological polar surface area (TPSA) is 47.3 Å². The molecule has 0 spiro atoms. The van der Waals surface area contributed by atoms with Gasteiger partial charge in [0.15, 0.2) is 5.75 Å². The zero-order valence-corrected chi connectivity index (χ0v) is 14.7. The fourth-order valence-corrected chi connectivity index (χ4v) is 3.50. The Balaban J connectivity index is 2.13. The van der Waals surface area contributed by atoms with Crippen LogP contribution in [0.1, 0.15) is 31.7 Å². The van der Waals surface area contributed by atoms with Gasteiger partial charge in [-0.25, -0.2) is 0 Å². The first-order chi connectivity index (χ1) is 10.0. The third-order valence-corrected chi connectivity index (χ3v) is 4.59. The summed E-state index contributed by atoms with van der Waals surface area (Å²) in [7, 11) is 1.60. The van der Waals surface area contributed by atoms with Crippen LogP contribution in [0.2, 0.25) is 0 Å². The summed E-state index contributed by atoms with van der Waals surface area (Å²) in [5.74, 6) is 1.18. The van der Waals surface area contributed by atoms with Crippen molar-refractivity contribution in [1.82, 2.24) is 9.78 Å². The largest absolute Gasteiger partial charge is 0.493 e. The highest BCUT2D eigenvalue weighted by Gasteiger charge is 2.21. The number of thioether (sulfide) groups is 1. The Bertz CT molecular complexity index is 601. The summed E-state index contributed by atoms with van der Waals surface area (Å²) in [6.45, 7) is 4.06. The minimum Gasteiger partial charge on any atom is -0.493 e. The van der Waals surface area contributed by atoms with Crippen molar-refractivity contribution in [2.75, 3.05) is 12.9 Å². The highest BCUT2D eigenvalue weighted by Crippen LogP contribution is 2.32. The first-order valence-corrected chi connectivity index (χ1v) is 8.48. The zero-order valence-electron chi connectivity index (χ0n) is 12.3. The van der Waals surface area contributed by atoms with Gasteiger partial charge in [0, 0.05) is 21.2 Å². The number of nitrogens with zero attached hydrogens (tertiary/aromatic N) is 2. The van der Waals surface area contributed by atoms with E-state index in [1.54, 1.807) is 25.1 Å². The predicted molar refractivity (Wildman–Crippen MR) is 89.0 cm³/mol. The van der Waals surface area contributed by atoms with E-state index in [2.05, 4.69) is 21.0 Å². The third-order valence-electron chi connectivity index (χ3n) is 3.03. The first-order valence-electron chi connectivity index (χ1n) is 6.70. The maximum absolute atomic E-state index is 10.5. The van der Waals surface area contributed by atoms with Gasteiger partial charge in [-0.3, -0.25) is 4.68 Å². The van der Waals surface area contributed by atoms with Gasteiger partial charge >= 0.3 is 0 Å². The molecule has 0 radical (unpaired) electrons. The molecule has 2 aromatic rings. The molecule has 1 atom stereocenters. The summed E-state index contributed by atoms with van der Waals surface area (Å²) in [5, 5.41) is 14.8. The van der Waals surface area contributed by atoms with Crippen LogP contribution < -0.4 is 4.74 Å². The lowest BCUT2D eigenvalue weighted by Gasteiger charge is -2.17. The standard InChI is InChI=1S/C15H19BrN2O2S/c1-10(2)18-15(14(20-3)8-17-18)13(19)9-21-12-6-4-5-11(16)7-12/h4-8,10,13,19H,9H2,1-3H3. The normalized spacial score (nSPS) is 12.7. The molecule has 1 heterocycles. The molecule has 6 heteroatoms. The Hall–Kier alpha value is -0.980. The summed E-state index contributed by atoms with van der Waals surface area (Å²) < 4.78 is 8.15. The van der Waals surface area contributed by atoms with Crippen molar-refractivity contribution >= 4 is 27.7 Å². The molecule has 1 aromatic heterocycles. The predicted octanol–water partition coefficient (Wildman–Crippen LogP) is 4.06. The van der Waals surface area contributed by atoms with Crippen LogP contribution in [-0.4, -0.2) is 27.7 Å². The quantitative estimate of drug-likeness (QED) is 0.778. The van der Waals surface area contributed by atoms with Gasteiger partial charge in [0.25, 0.3) is 0 Å². The van der Waals surface area contributed by atoms with Crippen LogP contribution in [0, 0.1) is 0 Å². The SMILES string of the molecule is COc1cnn(C(C)C)c1C(O)CSc1cccc(Br)c1. The molecule has 0 saturated heterocycles. The molecule has 0 fully saturated rings.